The van der Waals surface area contributed by atoms with E-state index in [1.807, 2.05) is 0 Å². The minimum Gasteiger partial charge on any atom is -0.453 e. The fourth-order valence-corrected chi connectivity index (χ4v) is 5.11. The van der Waals surface area contributed by atoms with Gasteiger partial charge in [-0.25, -0.2) is 19.6 Å². The molecule has 0 bridgehead atoms. The monoisotopic (exact) mass is 558 g/mol. The van der Waals surface area contributed by atoms with Gasteiger partial charge in [-0.15, -0.1) is 13.2 Å². The SMILES string of the molecule is [2H]C([2H])([2H])n1c(=O)n([C@@H]2CC[C@@H](NC(=O)OC)C2)c2cc(Nc3ccc4[nH]cc(-c5cnn(C(F)(F)F)c5)c4n3)ncc21. The van der Waals surface area contributed by atoms with Gasteiger partial charge in [-0.2, -0.15) is 9.78 Å². The number of hydrogen-bond acceptors (Lipinski definition) is 7. The van der Waals surface area contributed by atoms with Crippen LogP contribution in [0.5, 0.6) is 0 Å². The van der Waals surface area contributed by atoms with E-state index in [9.17, 15) is 22.8 Å². The van der Waals surface area contributed by atoms with Crippen LogP contribution in [0.25, 0.3) is 33.2 Å². The number of aromatic nitrogens is 7. The number of imidazole rings is 1. The van der Waals surface area contributed by atoms with Gasteiger partial charge in [0.15, 0.2) is 0 Å². The van der Waals surface area contributed by atoms with E-state index in [1.165, 1.54) is 30.1 Å². The molecule has 1 fully saturated rings. The topological polar surface area (TPSA) is 137 Å². The Kier molecular flexibility index (Phi) is 5.19. The van der Waals surface area contributed by atoms with E-state index in [0.29, 0.717) is 47.2 Å². The van der Waals surface area contributed by atoms with Crippen LogP contribution in [0.2, 0.25) is 0 Å². The van der Waals surface area contributed by atoms with Crippen LogP contribution < -0.4 is 16.3 Å². The molecule has 1 amide bonds. The number of fused-ring (bicyclic) bond motifs is 2. The number of nitrogens with zero attached hydrogens (tertiary/aromatic N) is 6. The average molecular weight is 559 g/mol. The van der Waals surface area contributed by atoms with Crippen LogP contribution in [-0.2, 0) is 18.0 Å². The second-order valence-electron chi connectivity index (χ2n) is 9.41. The average Bonchev–Trinajstić information content (AvgIpc) is 3.72. The predicted octanol–water partition coefficient (Wildman–Crippen LogP) is 4.14. The Morgan fingerprint density at radius 2 is 2.08 bits per heavy atom. The molecule has 0 saturated heterocycles. The number of anilines is 2. The van der Waals surface area contributed by atoms with E-state index in [1.54, 1.807) is 12.1 Å². The van der Waals surface area contributed by atoms with Gasteiger partial charge in [0.25, 0.3) is 0 Å². The van der Waals surface area contributed by atoms with Gasteiger partial charge < -0.3 is 20.4 Å². The summed E-state index contributed by atoms with van der Waals surface area (Å²) in [5.74, 6) is 0.552. The molecule has 15 heteroatoms. The standard InChI is InChI=1S/C25H24F3N9O3/c1-35-19-11-30-21(8-18(19)37(24(35)39)15-4-3-14(7-15)32-23(38)40-2)33-20-6-5-17-22(34-20)16(10-29-17)13-9-31-36(12-13)25(26,27)28/h5-6,8-12,14-15,29H,3-4,7H2,1-2H3,(H,32,38)(H,30,33,34)/t14-,15-/m1/s1/i1D3. The zero-order valence-electron chi connectivity index (χ0n) is 23.9. The lowest BCUT2D eigenvalue weighted by molar-refractivity contribution is -0.212. The zero-order chi connectivity index (χ0) is 30.7. The molecule has 1 saturated carbocycles. The van der Waals surface area contributed by atoms with Gasteiger partial charge in [-0.1, -0.05) is 0 Å². The molecule has 2 atom stereocenters. The highest BCUT2D eigenvalue weighted by Crippen LogP contribution is 2.33. The number of rotatable bonds is 5. The summed E-state index contributed by atoms with van der Waals surface area (Å²) in [5.41, 5.74) is 1.27. The van der Waals surface area contributed by atoms with Gasteiger partial charge in [-0.3, -0.25) is 9.13 Å². The van der Waals surface area contributed by atoms with Crippen molar-refractivity contribution in [1.82, 2.24) is 39.2 Å². The van der Waals surface area contributed by atoms with Crippen LogP contribution in [-0.4, -0.2) is 53.1 Å². The highest BCUT2D eigenvalue weighted by molar-refractivity contribution is 5.93. The normalized spacial score (nSPS) is 18.9. The largest absolute Gasteiger partial charge is 0.504 e. The number of carbonyl (C=O) groups excluding carboxylic acids is 1. The van der Waals surface area contributed by atoms with Crippen molar-refractivity contribution < 1.29 is 26.8 Å². The van der Waals surface area contributed by atoms with Crippen LogP contribution in [0.4, 0.5) is 29.6 Å². The first kappa shape index (κ1) is 22.0. The smallest absolute Gasteiger partial charge is 0.453 e. The molecule has 1 aliphatic carbocycles. The summed E-state index contributed by atoms with van der Waals surface area (Å²) in [7, 11) is 1.25. The number of carbonyl (C=O) groups is 1. The molecule has 40 heavy (non-hydrogen) atoms. The second kappa shape index (κ2) is 9.43. The van der Waals surface area contributed by atoms with Gasteiger partial charge in [0.1, 0.15) is 11.6 Å². The zero-order valence-corrected chi connectivity index (χ0v) is 20.9. The Balaban J connectivity index is 1.36. The third kappa shape index (κ3) is 4.42. The van der Waals surface area contributed by atoms with Gasteiger partial charge in [0.2, 0.25) is 0 Å². The summed E-state index contributed by atoms with van der Waals surface area (Å²) in [6, 6.07) is 4.20. The number of H-pyrrole nitrogens is 1. The molecular formula is C25H24F3N9O3. The molecule has 0 aliphatic heterocycles. The molecule has 5 heterocycles. The number of alkyl carbamates (subject to hydrolysis) is 1. The molecule has 208 valence electrons. The Bertz CT molecular complexity index is 1910. The maximum Gasteiger partial charge on any atom is 0.504 e. The number of pyridine rings is 2. The van der Waals surface area contributed by atoms with E-state index in [-0.39, 0.29) is 27.6 Å². The van der Waals surface area contributed by atoms with Crippen LogP contribution >= 0.6 is 0 Å². The Morgan fingerprint density at radius 1 is 1.23 bits per heavy atom. The molecule has 0 aromatic carbocycles. The lowest BCUT2D eigenvalue weighted by Crippen LogP contribution is -2.33. The third-order valence-corrected chi connectivity index (χ3v) is 6.97. The lowest BCUT2D eigenvalue weighted by Gasteiger charge is -2.14. The first-order valence-electron chi connectivity index (χ1n) is 13.7. The van der Waals surface area contributed by atoms with E-state index in [0.717, 1.165) is 17.0 Å². The van der Waals surface area contributed by atoms with E-state index >= 15 is 0 Å². The lowest BCUT2D eigenvalue weighted by atomic mass is 10.1. The van der Waals surface area contributed by atoms with Crippen molar-refractivity contribution in [2.24, 2.45) is 6.98 Å². The Morgan fingerprint density at radius 3 is 2.83 bits per heavy atom. The highest BCUT2D eigenvalue weighted by atomic mass is 19.4. The molecule has 0 spiro atoms. The second-order valence-corrected chi connectivity index (χ2v) is 9.41. The number of halogens is 3. The summed E-state index contributed by atoms with van der Waals surface area (Å²) in [6.45, 7) is -2.77. The first-order chi connectivity index (χ1) is 20.3. The van der Waals surface area contributed by atoms with Crippen LogP contribution in [0.15, 0.2) is 47.8 Å². The number of aryl methyl sites for hydroxylation is 1. The third-order valence-electron chi connectivity index (χ3n) is 6.97. The highest BCUT2D eigenvalue weighted by Gasteiger charge is 2.32. The number of hydrogen-bond donors (Lipinski definition) is 3. The minimum atomic E-state index is -4.66. The van der Waals surface area contributed by atoms with Crippen molar-refractivity contribution in [2.45, 2.75) is 37.6 Å². The quantitative estimate of drug-likeness (QED) is 0.295. The molecule has 1 aliphatic rings. The van der Waals surface area contributed by atoms with Crippen molar-refractivity contribution in [3.63, 3.8) is 0 Å². The summed E-state index contributed by atoms with van der Waals surface area (Å²) >= 11 is 0. The maximum absolute atomic E-state index is 13.4. The van der Waals surface area contributed by atoms with Gasteiger partial charge >= 0.3 is 18.1 Å². The number of methoxy groups -OCH3 is 1. The van der Waals surface area contributed by atoms with Gasteiger partial charge in [0, 0.05) is 52.8 Å². The molecule has 5 aromatic heterocycles. The maximum atomic E-state index is 13.4. The van der Waals surface area contributed by atoms with Gasteiger partial charge in [0.05, 0.1) is 41.6 Å². The van der Waals surface area contributed by atoms with Crippen molar-refractivity contribution in [3.05, 3.63) is 53.5 Å². The molecule has 12 nitrogen and oxygen atoms in total. The summed E-state index contributed by atoms with van der Waals surface area (Å²) in [4.78, 5) is 37.0. The Hall–Kier alpha value is -4.82. The fourth-order valence-electron chi connectivity index (χ4n) is 5.11. The van der Waals surface area contributed by atoms with Crippen LogP contribution in [0, 0.1) is 0 Å². The number of amides is 1. The molecule has 0 radical (unpaired) electrons. The van der Waals surface area contributed by atoms with Crippen molar-refractivity contribution in [1.29, 1.82) is 0 Å². The molecule has 3 N–H and O–H groups in total. The number of alkyl halides is 3. The first-order valence-corrected chi connectivity index (χ1v) is 12.2. The summed E-state index contributed by atoms with van der Waals surface area (Å²) in [6.07, 6.45) is 0.983. The van der Waals surface area contributed by atoms with E-state index < -0.39 is 31.1 Å². The molecule has 6 rings (SSSR count). The minimum absolute atomic E-state index is 0.0919. The van der Waals surface area contributed by atoms with Gasteiger partial charge in [-0.05, 0) is 31.4 Å². The fraction of sp³-hybridized carbons (Fsp3) is 0.320. The van der Waals surface area contributed by atoms with Crippen molar-refractivity contribution in [3.8, 4) is 11.1 Å². The molecule has 0 unspecified atom stereocenters. The predicted molar refractivity (Wildman–Crippen MR) is 139 cm³/mol. The molecule has 5 aromatic rings. The summed E-state index contributed by atoms with van der Waals surface area (Å²) < 4.78 is 69.7. The summed E-state index contributed by atoms with van der Waals surface area (Å²) in [5, 5.41) is 9.15. The van der Waals surface area contributed by atoms with Crippen LogP contribution in [0.3, 0.4) is 0 Å². The van der Waals surface area contributed by atoms with E-state index in [4.69, 9.17) is 4.11 Å². The Labute approximate surface area is 228 Å². The van der Waals surface area contributed by atoms with Crippen molar-refractivity contribution >= 4 is 39.8 Å². The van der Waals surface area contributed by atoms with E-state index in [2.05, 4.69) is 35.4 Å². The molecular weight excluding hydrogens is 531 g/mol. The number of aromatic amines is 1. The number of nitrogens with one attached hydrogen (secondary N) is 3. The van der Waals surface area contributed by atoms with Crippen molar-refractivity contribution in [2.75, 3.05) is 12.4 Å². The number of ether oxygens (including phenoxy) is 1. The van der Waals surface area contributed by atoms with Crippen LogP contribution in [0.1, 0.15) is 29.4 Å².